The van der Waals surface area contributed by atoms with Crippen LogP contribution < -0.4 is 5.32 Å². The van der Waals surface area contributed by atoms with Gasteiger partial charge < -0.3 is 14.8 Å². The molecule has 1 N–H and O–H groups in total. The molecule has 2 fully saturated rings. The third kappa shape index (κ3) is 4.71. The highest BCUT2D eigenvalue weighted by molar-refractivity contribution is 4.83. The summed E-state index contributed by atoms with van der Waals surface area (Å²) in [4.78, 5) is 2.53. The Morgan fingerprint density at radius 1 is 1.32 bits per heavy atom. The van der Waals surface area contributed by atoms with Crippen LogP contribution in [0.2, 0.25) is 0 Å². The van der Waals surface area contributed by atoms with Crippen LogP contribution in [0.4, 0.5) is 0 Å². The molecule has 0 amide bonds. The summed E-state index contributed by atoms with van der Waals surface area (Å²) in [6.07, 6.45) is 6.86. The van der Waals surface area contributed by atoms with Gasteiger partial charge in [0, 0.05) is 25.7 Å². The second kappa shape index (κ2) is 8.20. The number of ether oxygens (including phenoxy) is 2. The van der Waals surface area contributed by atoms with Gasteiger partial charge in [0.05, 0.1) is 18.8 Å². The van der Waals surface area contributed by atoms with Gasteiger partial charge in [0.15, 0.2) is 0 Å². The molecule has 0 radical (unpaired) electrons. The topological polar surface area (TPSA) is 33.7 Å². The smallest absolute Gasteiger partial charge is 0.0855 e. The molecule has 0 spiro atoms. The van der Waals surface area contributed by atoms with Crippen molar-refractivity contribution in [3.63, 3.8) is 0 Å². The van der Waals surface area contributed by atoms with Crippen LogP contribution in [0, 0.1) is 0 Å². The third-order valence-electron chi connectivity index (χ3n) is 4.36. The summed E-state index contributed by atoms with van der Waals surface area (Å²) in [6.45, 7) is 7.44. The van der Waals surface area contributed by atoms with Gasteiger partial charge in [0.2, 0.25) is 0 Å². The van der Waals surface area contributed by atoms with E-state index in [0.717, 1.165) is 32.7 Å². The van der Waals surface area contributed by atoms with Crippen molar-refractivity contribution < 1.29 is 9.47 Å². The Kier molecular flexibility index (Phi) is 6.57. The lowest BCUT2D eigenvalue weighted by molar-refractivity contribution is -0.0484. The van der Waals surface area contributed by atoms with Gasteiger partial charge in [-0.3, -0.25) is 4.90 Å². The third-order valence-corrected chi connectivity index (χ3v) is 4.36. The Bertz CT molecular complexity index is 242. The number of nitrogens with one attached hydrogen (secondary N) is 1. The average molecular weight is 270 g/mol. The minimum absolute atomic E-state index is 0.340. The maximum atomic E-state index is 5.98. The molecule has 0 aromatic heterocycles. The lowest BCUT2D eigenvalue weighted by Gasteiger charge is -2.37. The molecule has 0 aromatic carbocycles. The van der Waals surface area contributed by atoms with E-state index in [1.165, 1.54) is 32.2 Å². The van der Waals surface area contributed by atoms with Crippen LogP contribution in [0.15, 0.2) is 0 Å². The molecule has 3 unspecified atom stereocenters. The molecular weight excluding hydrogens is 240 g/mol. The van der Waals surface area contributed by atoms with Crippen molar-refractivity contribution in [1.82, 2.24) is 10.2 Å². The zero-order chi connectivity index (χ0) is 13.5. The van der Waals surface area contributed by atoms with Gasteiger partial charge in [-0.25, -0.2) is 0 Å². The van der Waals surface area contributed by atoms with Gasteiger partial charge in [-0.05, 0) is 45.7 Å². The van der Waals surface area contributed by atoms with Crippen molar-refractivity contribution in [2.45, 2.75) is 57.3 Å². The summed E-state index contributed by atoms with van der Waals surface area (Å²) < 4.78 is 11.7. The van der Waals surface area contributed by atoms with E-state index in [0.29, 0.717) is 18.2 Å². The summed E-state index contributed by atoms with van der Waals surface area (Å²) in [7, 11) is 2.06. The first-order chi connectivity index (χ1) is 9.33. The van der Waals surface area contributed by atoms with Crippen molar-refractivity contribution in [2.24, 2.45) is 0 Å². The van der Waals surface area contributed by atoms with Crippen LogP contribution in [0.5, 0.6) is 0 Å². The molecule has 2 heterocycles. The molecule has 4 heteroatoms. The molecule has 2 saturated heterocycles. The monoisotopic (exact) mass is 270 g/mol. The molecule has 0 aliphatic carbocycles. The lowest BCUT2D eigenvalue weighted by atomic mass is 10.0. The predicted molar refractivity (Wildman–Crippen MR) is 77.5 cm³/mol. The molecule has 2 rings (SSSR count). The van der Waals surface area contributed by atoms with Crippen LogP contribution in [0.3, 0.4) is 0 Å². The zero-order valence-corrected chi connectivity index (χ0v) is 12.6. The van der Waals surface area contributed by atoms with Crippen LogP contribution in [0.1, 0.15) is 39.0 Å². The molecule has 2 aliphatic rings. The fourth-order valence-electron chi connectivity index (χ4n) is 3.25. The SMILES string of the molecule is CCCN1CCOC(C(CCC2CCCO2)NC)C1. The largest absolute Gasteiger partial charge is 0.378 e. The molecule has 0 bridgehead atoms. The summed E-state index contributed by atoms with van der Waals surface area (Å²) in [5.41, 5.74) is 0. The van der Waals surface area contributed by atoms with Gasteiger partial charge in [-0.1, -0.05) is 6.92 Å². The lowest BCUT2D eigenvalue weighted by Crippen LogP contribution is -2.51. The average Bonchev–Trinajstić information content (AvgIpc) is 2.94. The predicted octanol–water partition coefficient (Wildman–Crippen LogP) is 1.64. The molecule has 0 saturated carbocycles. The van der Waals surface area contributed by atoms with E-state index in [-0.39, 0.29) is 0 Å². The van der Waals surface area contributed by atoms with E-state index in [1.54, 1.807) is 0 Å². The molecule has 4 nitrogen and oxygen atoms in total. The Balaban J connectivity index is 1.75. The number of nitrogens with zero attached hydrogens (tertiary/aromatic N) is 1. The fraction of sp³-hybridized carbons (Fsp3) is 1.00. The van der Waals surface area contributed by atoms with Gasteiger partial charge in [-0.15, -0.1) is 0 Å². The van der Waals surface area contributed by atoms with Gasteiger partial charge in [-0.2, -0.15) is 0 Å². The van der Waals surface area contributed by atoms with E-state index < -0.39 is 0 Å². The summed E-state index contributed by atoms with van der Waals surface area (Å²) in [5, 5.41) is 3.45. The van der Waals surface area contributed by atoms with E-state index in [1.807, 2.05) is 0 Å². The normalized spacial score (nSPS) is 30.6. The molecule has 3 atom stereocenters. The highest BCUT2D eigenvalue weighted by atomic mass is 16.5. The number of likely N-dealkylation sites (N-methyl/N-ethyl adjacent to an activating group) is 1. The number of hydrogen-bond acceptors (Lipinski definition) is 4. The first kappa shape index (κ1) is 15.2. The number of hydrogen-bond donors (Lipinski definition) is 1. The fourth-order valence-corrected chi connectivity index (χ4v) is 3.25. The zero-order valence-electron chi connectivity index (χ0n) is 12.6. The number of morpholine rings is 1. The van der Waals surface area contributed by atoms with Crippen molar-refractivity contribution in [3.8, 4) is 0 Å². The van der Waals surface area contributed by atoms with Crippen molar-refractivity contribution in [1.29, 1.82) is 0 Å². The van der Waals surface area contributed by atoms with Gasteiger partial charge >= 0.3 is 0 Å². The maximum Gasteiger partial charge on any atom is 0.0855 e. The second-order valence-electron chi connectivity index (χ2n) is 5.82. The Morgan fingerprint density at radius 2 is 2.21 bits per heavy atom. The Hall–Kier alpha value is -0.160. The minimum atomic E-state index is 0.340. The van der Waals surface area contributed by atoms with Crippen molar-refractivity contribution in [3.05, 3.63) is 0 Å². The van der Waals surface area contributed by atoms with Crippen molar-refractivity contribution >= 4 is 0 Å². The Labute approximate surface area is 117 Å². The van der Waals surface area contributed by atoms with Crippen LogP contribution >= 0.6 is 0 Å². The molecule has 112 valence electrons. The number of rotatable bonds is 7. The highest BCUT2D eigenvalue weighted by Gasteiger charge is 2.28. The van der Waals surface area contributed by atoms with Gasteiger partial charge in [0.1, 0.15) is 0 Å². The highest BCUT2D eigenvalue weighted by Crippen LogP contribution is 2.20. The molecule has 19 heavy (non-hydrogen) atoms. The summed E-state index contributed by atoms with van der Waals surface area (Å²) in [6, 6.07) is 0.462. The van der Waals surface area contributed by atoms with Crippen LogP contribution in [-0.4, -0.2) is 63.0 Å². The van der Waals surface area contributed by atoms with E-state index in [4.69, 9.17) is 9.47 Å². The van der Waals surface area contributed by atoms with Gasteiger partial charge in [0.25, 0.3) is 0 Å². The van der Waals surface area contributed by atoms with Crippen LogP contribution in [0.25, 0.3) is 0 Å². The molecule has 0 aromatic rings. The molecule has 2 aliphatic heterocycles. The van der Waals surface area contributed by atoms with Crippen LogP contribution in [-0.2, 0) is 9.47 Å². The van der Waals surface area contributed by atoms with E-state index in [2.05, 4.69) is 24.2 Å². The van der Waals surface area contributed by atoms with E-state index >= 15 is 0 Å². The second-order valence-corrected chi connectivity index (χ2v) is 5.82. The standard InChI is InChI=1S/C15H30N2O2/c1-3-8-17-9-11-19-15(12-17)14(16-2)7-6-13-5-4-10-18-13/h13-16H,3-12H2,1-2H3. The minimum Gasteiger partial charge on any atom is -0.378 e. The summed E-state index contributed by atoms with van der Waals surface area (Å²) in [5.74, 6) is 0. The quantitative estimate of drug-likeness (QED) is 0.762. The first-order valence-corrected chi connectivity index (χ1v) is 7.96. The molecular formula is C15H30N2O2. The Morgan fingerprint density at radius 3 is 2.89 bits per heavy atom. The maximum absolute atomic E-state index is 5.98. The summed E-state index contributed by atoms with van der Waals surface area (Å²) >= 11 is 0. The van der Waals surface area contributed by atoms with E-state index in [9.17, 15) is 0 Å². The van der Waals surface area contributed by atoms with Crippen molar-refractivity contribution in [2.75, 3.05) is 39.9 Å². The first-order valence-electron chi connectivity index (χ1n) is 7.96.